The van der Waals surface area contributed by atoms with Crippen molar-refractivity contribution in [3.05, 3.63) is 139 Å². The minimum atomic E-state index is -0.122. The Morgan fingerprint density at radius 1 is 0.472 bits per heavy atom. The molecule has 0 aliphatic heterocycles. The minimum absolute atomic E-state index is 0.122. The molecule has 0 heterocycles. The fourth-order valence-corrected chi connectivity index (χ4v) is 6.21. The number of nitrogens with zero attached hydrogens (tertiary/aromatic N) is 1. The third kappa shape index (κ3) is 2.96. The number of fused-ring (bicyclic) bond motifs is 8. The number of anilines is 3. The topological polar surface area (TPSA) is 3.24 Å². The molecule has 0 fully saturated rings. The Balaban J connectivity index is 1.51. The molecular formula is C35H27N. The molecule has 0 amide bonds. The third-order valence-electron chi connectivity index (χ3n) is 7.79. The Morgan fingerprint density at radius 2 is 0.972 bits per heavy atom. The van der Waals surface area contributed by atoms with E-state index in [1.54, 1.807) is 0 Å². The van der Waals surface area contributed by atoms with Crippen LogP contribution in [0.1, 0.15) is 25.0 Å². The molecule has 0 radical (unpaired) electrons. The summed E-state index contributed by atoms with van der Waals surface area (Å²) in [6.07, 6.45) is 0. The average Bonchev–Trinajstić information content (AvgIpc) is 3.17. The molecule has 1 nitrogen and oxygen atoms in total. The summed E-state index contributed by atoms with van der Waals surface area (Å²) in [6.45, 7) is 4.77. The van der Waals surface area contributed by atoms with Gasteiger partial charge in [-0.15, -0.1) is 0 Å². The van der Waals surface area contributed by atoms with E-state index in [0.29, 0.717) is 0 Å². The van der Waals surface area contributed by atoms with Crippen molar-refractivity contribution < 1.29 is 0 Å². The molecule has 172 valence electrons. The molecule has 6 aromatic carbocycles. The van der Waals surface area contributed by atoms with E-state index in [4.69, 9.17) is 0 Å². The predicted molar refractivity (Wildman–Crippen MR) is 154 cm³/mol. The van der Waals surface area contributed by atoms with E-state index in [0.717, 1.165) is 11.4 Å². The van der Waals surface area contributed by atoms with Crippen LogP contribution in [0.25, 0.3) is 32.7 Å². The highest BCUT2D eigenvalue weighted by Gasteiger charge is 2.38. The van der Waals surface area contributed by atoms with Gasteiger partial charge in [-0.2, -0.15) is 0 Å². The van der Waals surface area contributed by atoms with E-state index in [9.17, 15) is 0 Å². The molecule has 0 saturated heterocycles. The number of hydrogen-bond donors (Lipinski definition) is 0. The molecule has 1 aliphatic rings. The van der Waals surface area contributed by atoms with E-state index in [1.165, 1.54) is 49.5 Å². The second-order valence-corrected chi connectivity index (χ2v) is 10.2. The summed E-state index contributed by atoms with van der Waals surface area (Å²) in [5.74, 6) is 0. The van der Waals surface area contributed by atoms with Crippen LogP contribution >= 0.6 is 0 Å². The molecule has 0 bridgehead atoms. The van der Waals surface area contributed by atoms with Crippen LogP contribution in [0.15, 0.2) is 127 Å². The van der Waals surface area contributed by atoms with Gasteiger partial charge >= 0.3 is 0 Å². The van der Waals surface area contributed by atoms with Crippen molar-refractivity contribution >= 4 is 38.6 Å². The SMILES string of the molecule is CC1(C)c2cc(N(c3ccccc3)c3ccccc3)ccc2-c2c1c1ccccc1c1ccccc21. The van der Waals surface area contributed by atoms with Crippen molar-refractivity contribution in [3.63, 3.8) is 0 Å². The van der Waals surface area contributed by atoms with Gasteiger partial charge in [0.1, 0.15) is 0 Å². The van der Waals surface area contributed by atoms with Crippen LogP contribution in [-0.4, -0.2) is 0 Å². The standard InChI is InChI=1S/C35H27N/c1-35(2)32-23-26(36(24-13-5-3-6-14-24)25-15-7-4-8-16-25)21-22-31(32)33-29-19-11-9-17-27(29)28-18-10-12-20-30(28)34(33)35/h3-23H,1-2H3. The normalized spacial score (nSPS) is 13.5. The number of hydrogen-bond acceptors (Lipinski definition) is 1. The Bertz CT molecular complexity index is 1710. The number of para-hydroxylation sites is 2. The van der Waals surface area contributed by atoms with Gasteiger partial charge in [-0.3, -0.25) is 0 Å². The Labute approximate surface area is 212 Å². The number of rotatable bonds is 3. The van der Waals surface area contributed by atoms with Gasteiger partial charge in [0.05, 0.1) is 0 Å². The van der Waals surface area contributed by atoms with Crippen LogP contribution in [0.2, 0.25) is 0 Å². The molecule has 0 N–H and O–H groups in total. The molecule has 0 atom stereocenters. The largest absolute Gasteiger partial charge is 0.310 e. The van der Waals surface area contributed by atoms with Crippen molar-refractivity contribution in [2.24, 2.45) is 0 Å². The van der Waals surface area contributed by atoms with E-state index in [2.05, 4.69) is 146 Å². The van der Waals surface area contributed by atoms with Gasteiger partial charge in [0, 0.05) is 22.5 Å². The van der Waals surface area contributed by atoms with Crippen molar-refractivity contribution in [1.29, 1.82) is 0 Å². The fraction of sp³-hybridized carbons (Fsp3) is 0.0857. The Hall–Kier alpha value is -4.36. The summed E-state index contributed by atoms with van der Waals surface area (Å²) in [4.78, 5) is 2.36. The lowest BCUT2D eigenvalue weighted by atomic mass is 9.79. The van der Waals surface area contributed by atoms with Gasteiger partial charge in [-0.05, 0) is 80.2 Å². The van der Waals surface area contributed by atoms with Gasteiger partial charge in [0.15, 0.2) is 0 Å². The monoisotopic (exact) mass is 461 g/mol. The zero-order chi connectivity index (χ0) is 24.3. The molecular weight excluding hydrogens is 434 g/mol. The first-order valence-electron chi connectivity index (χ1n) is 12.6. The second kappa shape index (κ2) is 7.83. The predicted octanol–water partition coefficient (Wildman–Crippen LogP) is 9.77. The lowest BCUT2D eigenvalue weighted by molar-refractivity contribution is 0.666. The highest BCUT2D eigenvalue weighted by Crippen LogP contribution is 2.55. The summed E-state index contributed by atoms with van der Waals surface area (Å²) >= 11 is 0. The molecule has 0 saturated carbocycles. The average molecular weight is 462 g/mol. The smallest absolute Gasteiger partial charge is 0.0465 e. The molecule has 0 unspecified atom stereocenters. The van der Waals surface area contributed by atoms with Crippen molar-refractivity contribution in [1.82, 2.24) is 0 Å². The van der Waals surface area contributed by atoms with Gasteiger partial charge in [0.2, 0.25) is 0 Å². The first kappa shape index (κ1) is 21.0. The van der Waals surface area contributed by atoms with Gasteiger partial charge in [0.25, 0.3) is 0 Å². The molecule has 1 heteroatoms. The van der Waals surface area contributed by atoms with Crippen LogP contribution in [0.3, 0.4) is 0 Å². The maximum Gasteiger partial charge on any atom is 0.0465 e. The Morgan fingerprint density at radius 3 is 1.58 bits per heavy atom. The van der Waals surface area contributed by atoms with Gasteiger partial charge in [-0.1, -0.05) is 105 Å². The molecule has 0 spiro atoms. The zero-order valence-electron chi connectivity index (χ0n) is 20.6. The molecule has 0 aromatic heterocycles. The number of benzene rings is 6. The maximum absolute atomic E-state index is 2.42. The van der Waals surface area contributed by atoms with Crippen molar-refractivity contribution in [3.8, 4) is 11.1 Å². The summed E-state index contributed by atoms with van der Waals surface area (Å²) in [6, 6.07) is 46.1. The van der Waals surface area contributed by atoms with Crippen molar-refractivity contribution in [2.75, 3.05) is 4.90 Å². The lowest BCUT2D eigenvalue weighted by Gasteiger charge is -2.28. The highest BCUT2D eigenvalue weighted by atomic mass is 15.1. The maximum atomic E-state index is 2.42. The van der Waals surface area contributed by atoms with E-state index in [-0.39, 0.29) is 5.41 Å². The molecule has 1 aliphatic carbocycles. The van der Waals surface area contributed by atoms with Crippen molar-refractivity contribution in [2.45, 2.75) is 19.3 Å². The van der Waals surface area contributed by atoms with E-state index < -0.39 is 0 Å². The summed E-state index contributed by atoms with van der Waals surface area (Å²) < 4.78 is 0. The van der Waals surface area contributed by atoms with Crippen LogP contribution in [-0.2, 0) is 5.41 Å². The molecule has 36 heavy (non-hydrogen) atoms. The van der Waals surface area contributed by atoms with Crippen LogP contribution in [0.4, 0.5) is 17.1 Å². The molecule has 7 rings (SSSR count). The van der Waals surface area contributed by atoms with E-state index in [1.807, 2.05) is 0 Å². The Kier molecular flexibility index (Phi) is 4.56. The second-order valence-electron chi connectivity index (χ2n) is 10.2. The summed E-state index contributed by atoms with van der Waals surface area (Å²) in [5.41, 5.74) is 8.94. The van der Waals surface area contributed by atoms with Gasteiger partial charge < -0.3 is 4.90 Å². The first-order chi connectivity index (χ1) is 17.6. The van der Waals surface area contributed by atoms with Gasteiger partial charge in [-0.25, -0.2) is 0 Å². The quantitative estimate of drug-likeness (QED) is 0.237. The first-order valence-corrected chi connectivity index (χ1v) is 12.6. The van der Waals surface area contributed by atoms with Crippen LogP contribution in [0.5, 0.6) is 0 Å². The van der Waals surface area contributed by atoms with Crippen LogP contribution in [0, 0.1) is 0 Å². The zero-order valence-corrected chi connectivity index (χ0v) is 20.6. The molecule has 6 aromatic rings. The minimum Gasteiger partial charge on any atom is -0.310 e. The lowest BCUT2D eigenvalue weighted by Crippen LogP contribution is -2.17. The van der Waals surface area contributed by atoms with E-state index >= 15 is 0 Å². The third-order valence-corrected chi connectivity index (χ3v) is 7.79. The summed E-state index contributed by atoms with van der Waals surface area (Å²) in [7, 11) is 0. The summed E-state index contributed by atoms with van der Waals surface area (Å²) in [5, 5.41) is 5.36. The van der Waals surface area contributed by atoms with Crippen LogP contribution < -0.4 is 4.90 Å². The highest BCUT2D eigenvalue weighted by molar-refractivity contribution is 6.18. The fourth-order valence-electron chi connectivity index (χ4n) is 6.21.